The molecule has 2 aromatic carbocycles. The normalized spacial score (nSPS) is 17.3. The zero-order valence-corrected chi connectivity index (χ0v) is 16.1. The van der Waals surface area contributed by atoms with Gasteiger partial charge in [0.25, 0.3) is 10.2 Å². The Morgan fingerprint density at radius 2 is 1.81 bits per heavy atom. The molecule has 6 nitrogen and oxygen atoms in total. The fourth-order valence-electron chi connectivity index (χ4n) is 2.79. The molecule has 26 heavy (non-hydrogen) atoms. The molecule has 1 N–H and O–H groups in total. The van der Waals surface area contributed by atoms with Gasteiger partial charge in [0.2, 0.25) is 5.91 Å². The number of rotatable bonds is 6. The number of hydrogen-bond donors (Lipinski definition) is 1. The first-order valence-electron chi connectivity index (χ1n) is 8.22. The highest BCUT2D eigenvalue weighted by molar-refractivity contribution is 7.98. The fraction of sp³-hybridized carbons (Fsp3) is 0.278. The van der Waals surface area contributed by atoms with Crippen LogP contribution in [0.5, 0.6) is 0 Å². The molecular weight excluding hydrogens is 370 g/mol. The average molecular weight is 392 g/mol. The zero-order valence-electron chi connectivity index (χ0n) is 14.5. The predicted molar refractivity (Wildman–Crippen MR) is 104 cm³/mol. The summed E-state index contributed by atoms with van der Waals surface area (Å²) in [5.74, 6) is -0.339. The molecule has 0 saturated carbocycles. The van der Waals surface area contributed by atoms with Crippen molar-refractivity contribution >= 4 is 33.6 Å². The van der Waals surface area contributed by atoms with E-state index in [1.165, 1.54) is 8.61 Å². The third-order valence-corrected chi connectivity index (χ3v) is 6.78. The molecular formula is C18H21N3O3S2. The molecule has 138 valence electrons. The van der Waals surface area contributed by atoms with Crippen molar-refractivity contribution in [3.8, 4) is 0 Å². The zero-order chi connectivity index (χ0) is 18.6. The molecule has 1 fully saturated rings. The molecule has 0 radical (unpaired) electrons. The first kappa shape index (κ1) is 18.9. The van der Waals surface area contributed by atoms with Gasteiger partial charge in [0, 0.05) is 30.2 Å². The van der Waals surface area contributed by atoms with Crippen molar-refractivity contribution in [2.45, 2.75) is 11.4 Å². The van der Waals surface area contributed by atoms with Crippen molar-refractivity contribution in [3.63, 3.8) is 0 Å². The summed E-state index contributed by atoms with van der Waals surface area (Å²) in [6.07, 6.45) is 1.96. The molecule has 8 heteroatoms. The Balaban J connectivity index is 1.62. The highest BCUT2D eigenvalue weighted by Crippen LogP contribution is 2.21. The second-order valence-electron chi connectivity index (χ2n) is 5.94. The highest BCUT2D eigenvalue weighted by Gasteiger charge is 2.37. The third kappa shape index (κ3) is 4.45. The molecule has 0 atom stereocenters. The van der Waals surface area contributed by atoms with E-state index < -0.39 is 10.2 Å². The number of benzene rings is 2. The predicted octanol–water partition coefficient (Wildman–Crippen LogP) is 2.41. The van der Waals surface area contributed by atoms with E-state index in [4.69, 9.17) is 0 Å². The summed E-state index contributed by atoms with van der Waals surface area (Å²) in [6, 6.07) is 16.9. The molecule has 3 rings (SSSR count). The van der Waals surface area contributed by atoms with Crippen LogP contribution in [0, 0.1) is 0 Å². The van der Waals surface area contributed by atoms with E-state index in [1.807, 2.05) is 54.8 Å². The average Bonchev–Trinajstić information content (AvgIpc) is 2.90. The molecule has 1 amide bonds. The van der Waals surface area contributed by atoms with Gasteiger partial charge >= 0.3 is 0 Å². The maximum atomic E-state index is 12.7. The third-order valence-electron chi connectivity index (χ3n) is 4.13. The van der Waals surface area contributed by atoms with Gasteiger partial charge in [-0.15, -0.1) is 11.8 Å². The standard InChI is InChI=1S/C18H21N3O3S2/c1-25-17-9-5-8-16(12-17)19-18(22)14-21-11-10-20(26(21,23)24)13-15-6-3-2-4-7-15/h2-9,12H,10-11,13-14H2,1H3,(H,19,22). The first-order chi connectivity index (χ1) is 12.5. The summed E-state index contributed by atoms with van der Waals surface area (Å²) in [5, 5.41) is 2.77. The fourth-order valence-corrected chi connectivity index (χ4v) is 4.79. The van der Waals surface area contributed by atoms with Crippen molar-refractivity contribution < 1.29 is 13.2 Å². The van der Waals surface area contributed by atoms with Crippen LogP contribution in [0.3, 0.4) is 0 Å². The Labute approximate surface area is 158 Å². The smallest absolute Gasteiger partial charge is 0.282 e. The molecule has 1 aliphatic rings. The quantitative estimate of drug-likeness (QED) is 0.768. The summed E-state index contributed by atoms with van der Waals surface area (Å²) < 4.78 is 27.9. The van der Waals surface area contributed by atoms with Gasteiger partial charge in [0.15, 0.2) is 0 Å². The molecule has 2 aromatic rings. The van der Waals surface area contributed by atoms with Crippen LogP contribution in [0.1, 0.15) is 5.56 Å². The maximum Gasteiger partial charge on any atom is 0.282 e. The molecule has 0 aromatic heterocycles. The van der Waals surface area contributed by atoms with E-state index in [0.717, 1.165) is 10.5 Å². The summed E-state index contributed by atoms with van der Waals surface area (Å²) in [4.78, 5) is 13.3. The topological polar surface area (TPSA) is 69.7 Å². The number of carbonyl (C=O) groups excluding carboxylic acids is 1. The summed E-state index contributed by atoms with van der Waals surface area (Å²) >= 11 is 1.58. The summed E-state index contributed by atoms with van der Waals surface area (Å²) in [6.45, 7) is 0.827. The monoisotopic (exact) mass is 391 g/mol. The Kier molecular flexibility index (Phi) is 5.98. The summed E-state index contributed by atoms with van der Waals surface area (Å²) in [5.41, 5.74) is 1.59. The van der Waals surface area contributed by atoms with Crippen LogP contribution in [0.2, 0.25) is 0 Å². The van der Waals surface area contributed by atoms with Gasteiger partial charge in [-0.05, 0) is 30.0 Å². The first-order valence-corrected chi connectivity index (χ1v) is 10.8. The van der Waals surface area contributed by atoms with E-state index in [0.29, 0.717) is 25.3 Å². The molecule has 0 unspecified atom stereocenters. The van der Waals surface area contributed by atoms with Crippen molar-refractivity contribution in [2.24, 2.45) is 0 Å². The Morgan fingerprint density at radius 1 is 1.08 bits per heavy atom. The van der Waals surface area contributed by atoms with Gasteiger partial charge in [-0.2, -0.15) is 17.0 Å². The second-order valence-corrected chi connectivity index (χ2v) is 8.75. The van der Waals surface area contributed by atoms with E-state index >= 15 is 0 Å². The number of thioether (sulfide) groups is 1. The van der Waals surface area contributed by atoms with Gasteiger partial charge < -0.3 is 5.32 Å². The highest BCUT2D eigenvalue weighted by atomic mass is 32.2. The van der Waals surface area contributed by atoms with Crippen LogP contribution >= 0.6 is 11.8 Å². The summed E-state index contributed by atoms with van der Waals surface area (Å²) in [7, 11) is -3.62. The van der Waals surface area contributed by atoms with Crippen molar-refractivity contribution in [1.82, 2.24) is 8.61 Å². The Bertz CT molecular complexity index is 872. The molecule has 1 heterocycles. The van der Waals surface area contributed by atoms with E-state index in [1.54, 1.807) is 17.8 Å². The Morgan fingerprint density at radius 3 is 2.54 bits per heavy atom. The van der Waals surface area contributed by atoms with Crippen LogP contribution in [-0.2, 0) is 21.5 Å². The van der Waals surface area contributed by atoms with Crippen molar-refractivity contribution in [2.75, 3.05) is 31.2 Å². The minimum Gasteiger partial charge on any atom is -0.325 e. The number of nitrogens with zero attached hydrogens (tertiary/aromatic N) is 2. The number of nitrogens with one attached hydrogen (secondary N) is 1. The van der Waals surface area contributed by atoms with Gasteiger partial charge in [0.05, 0.1) is 6.54 Å². The van der Waals surface area contributed by atoms with Crippen LogP contribution in [0.15, 0.2) is 59.5 Å². The van der Waals surface area contributed by atoms with Crippen LogP contribution in [0.4, 0.5) is 5.69 Å². The minimum absolute atomic E-state index is 0.183. The van der Waals surface area contributed by atoms with Crippen LogP contribution in [-0.4, -0.2) is 48.8 Å². The largest absolute Gasteiger partial charge is 0.325 e. The lowest BCUT2D eigenvalue weighted by atomic mass is 10.2. The lowest BCUT2D eigenvalue weighted by Gasteiger charge is -2.18. The van der Waals surface area contributed by atoms with Crippen LogP contribution < -0.4 is 5.32 Å². The number of anilines is 1. The van der Waals surface area contributed by atoms with Gasteiger partial charge in [-0.25, -0.2) is 0 Å². The number of hydrogen-bond acceptors (Lipinski definition) is 4. The minimum atomic E-state index is -3.62. The SMILES string of the molecule is CSc1cccc(NC(=O)CN2CCN(Cc3ccccc3)S2(=O)=O)c1. The number of amides is 1. The lowest BCUT2D eigenvalue weighted by molar-refractivity contribution is -0.116. The Hall–Kier alpha value is -1.87. The van der Waals surface area contributed by atoms with Crippen LogP contribution in [0.25, 0.3) is 0 Å². The van der Waals surface area contributed by atoms with Crippen molar-refractivity contribution in [3.05, 3.63) is 60.2 Å². The van der Waals surface area contributed by atoms with Gasteiger partial charge in [0.1, 0.15) is 0 Å². The van der Waals surface area contributed by atoms with Gasteiger partial charge in [-0.3, -0.25) is 4.79 Å². The molecule has 0 bridgehead atoms. The van der Waals surface area contributed by atoms with E-state index in [2.05, 4.69) is 5.32 Å². The second kappa shape index (κ2) is 8.22. The van der Waals surface area contributed by atoms with E-state index in [-0.39, 0.29) is 12.5 Å². The molecule has 0 spiro atoms. The number of carbonyl (C=O) groups is 1. The van der Waals surface area contributed by atoms with Crippen molar-refractivity contribution in [1.29, 1.82) is 0 Å². The molecule has 0 aliphatic carbocycles. The molecule has 1 saturated heterocycles. The van der Waals surface area contributed by atoms with E-state index in [9.17, 15) is 13.2 Å². The molecule has 1 aliphatic heterocycles. The maximum absolute atomic E-state index is 12.7. The van der Waals surface area contributed by atoms with Gasteiger partial charge in [-0.1, -0.05) is 36.4 Å². The lowest BCUT2D eigenvalue weighted by Crippen LogP contribution is -2.37.